The van der Waals surface area contributed by atoms with Gasteiger partial charge in [0, 0.05) is 13.1 Å². The van der Waals surface area contributed by atoms with E-state index in [0.717, 1.165) is 5.56 Å². The smallest absolute Gasteiger partial charge is 0.270 e. The van der Waals surface area contributed by atoms with Crippen molar-refractivity contribution < 1.29 is 19.1 Å². The number of amides is 2. The summed E-state index contributed by atoms with van der Waals surface area (Å²) >= 11 is 0. The molecule has 0 unspecified atom stereocenters. The van der Waals surface area contributed by atoms with Crippen LogP contribution in [0.4, 0.5) is 0 Å². The van der Waals surface area contributed by atoms with Crippen molar-refractivity contribution in [2.45, 2.75) is 0 Å². The van der Waals surface area contributed by atoms with Crippen LogP contribution in [0.5, 0.6) is 5.75 Å². The van der Waals surface area contributed by atoms with Crippen LogP contribution in [0.15, 0.2) is 60.3 Å². The number of rotatable bonds is 5. The van der Waals surface area contributed by atoms with E-state index in [1.807, 2.05) is 30.3 Å². The van der Waals surface area contributed by atoms with Crippen molar-refractivity contribution in [2.24, 2.45) is 0 Å². The first-order chi connectivity index (χ1) is 13.2. The van der Waals surface area contributed by atoms with E-state index in [1.165, 1.54) is 7.11 Å². The number of carbonyl (C=O) groups excluding carboxylic acids is 2. The van der Waals surface area contributed by atoms with Crippen LogP contribution >= 0.6 is 0 Å². The Balaban J connectivity index is 1.88. The lowest BCUT2D eigenvalue weighted by Gasteiger charge is -2.28. The number of hydrogen-bond donors (Lipinski definition) is 1. The summed E-state index contributed by atoms with van der Waals surface area (Å²) in [6.45, 7) is 1.97. The minimum absolute atomic E-state index is 0.221. The fourth-order valence-corrected chi connectivity index (χ4v) is 2.83. The van der Waals surface area contributed by atoms with Gasteiger partial charge in [0.25, 0.3) is 11.8 Å². The third kappa shape index (κ3) is 4.74. The third-order valence-electron chi connectivity index (χ3n) is 4.24. The predicted octanol–water partition coefficient (Wildman–Crippen LogP) is 2.32. The average molecular weight is 366 g/mol. The van der Waals surface area contributed by atoms with Crippen LogP contribution < -0.4 is 10.1 Å². The molecular formula is C21H22N2O4. The molecule has 0 spiro atoms. The molecule has 6 heteroatoms. The van der Waals surface area contributed by atoms with Crippen LogP contribution in [-0.2, 0) is 9.53 Å². The Morgan fingerprint density at radius 2 is 1.70 bits per heavy atom. The lowest BCUT2D eigenvalue weighted by atomic mass is 10.1. The minimum atomic E-state index is -0.392. The number of carbonyl (C=O) groups is 2. The van der Waals surface area contributed by atoms with Crippen LogP contribution in [0.2, 0.25) is 0 Å². The first-order valence-electron chi connectivity index (χ1n) is 8.77. The fraction of sp³-hybridized carbons (Fsp3) is 0.238. The van der Waals surface area contributed by atoms with Gasteiger partial charge in [0.2, 0.25) is 0 Å². The summed E-state index contributed by atoms with van der Waals surface area (Å²) in [5.74, 6) is -0.172. The summed E-state index contributed by atoms with van der Waals surface area (Å²) < 4.78 is 10.6. The number of nitrogens with zero attached hydrogens (tertiary/aromatic N) is 1. The van der Waals surface area contributed by atoms with Crippen LogP contribution in [-0.4, -0.2) is 50.1 Å². The van der Waals surface area contributed by atoms with E-state index >= 15 is 0 Å². The summed E-state index contributed by atoms with van der Waals surface area (Å²) in [6.07, 6.45) is 1.69. The van der Waals surface area contributed by atoms with Crippen molar-refractivity contribution in [1.82, 2.24) is 10.2 Å². The van der Waals surface area contributed by atoms with Crippen LogP contribution in [0.25, 0.3) is 6.08 Å². The molecule has 27 heavy (non-hydrogen) atoms. The van der Waals surface area contributed by atoms with E-state index in [2.05, 4.69) is 5.32 Å². The molecule has 1 heterocycles. The number of methoxy groups -OCH3 is 1. The highest BCUT2D eigenvalue weighted by atomic mass is 16.5. The molecule has 0 aromatic heterocycles. The molecular weight excluding hydrogens is 344 g/mol. The molecule has 0 radical (unpaired) electrons. The number of benzene rings is 2. The van der Waals surface area contributed by atoms with Gasteiger partial charge in [-0.05, 0) is 23.8 Å². The molecule has 0 aliphatic carbocycles. The zero-order chi connectivity index (χ0) is 19.1. The topological polar surface area (TPSA) is 67.9 Å². The van der Waals surface area contributed by atoms with Crippen molar-refractivity contribution >= 4 is 17.9 Å². The highest BCUT2D eigenvalue weighted by molar-refractivity contribution is 6.06. The van der Waals surface area contributed by atoms with Gasteiger partial charge in [-0.1, -0.05) is 42.5 Å². The van der Waals surface area contributed by atoms with Gasteiger partial charge in [0.15, 0.2) is 0 Å². The monoisotopic (exact) mass is 366 g/mol. The molecule has 140 valence electrons. The maximum atomic E-state index is 13.0. The SMILES string of the molecule is COc1ccccc1C(=O)NC(=Cc1ccccc1)C(=O)N1CCOCC1. The first kappa shape index (κ1) is 18.7. The first-order valence-corrected chi connectivity index (χ1v) is 8.77. The Morgan fingerprint density at radius 1 is 1.04 bits per heavy atom. The van der Waals surface area contributed by atoms with Crippen LogP contribution in [0.3, 0.4) is 0 Å². The van der Waals surface area contributed by atoms with E-state index in [0.29, 0.717) is 37.6 Å². The summed E-state index contributed by atoms with van der Waals surface area (Å²) in [6, 6.07) is 16.3. The van der Waals surface area contributed by atoms with Gasteiger partial charge in [0.05, 0.1) is 25.9 Å². The Hall–Kier alpha value is -3.12. The Morgan fingerprint density at radius 3 is 2.41 bits per heavy atom. The van der Waals surface area contributed by atoms with Gasteiger partial charge in [-0.15, -0.1) is 0 Å². The van der Waals surface area contributed by atoms with Gasteiger partial charge < -0.3 is 19.7 Å². The van der Waals surface area contributed by atoms with E-state index in [9.17, 15) is 9.59 Å². The molecule has 1 aliphatic heterocycles. The number of ether oxygens (including phenoxy) is 2. The molecule has 2 aromatic carbocycles. The molecule has 0 atom stereocenters. The predicted molar refractivity (Wildman–Crippen MR) is 102 cm³/mol. The van der Waals surface area contributed by atoms with Crippen LogP contribution in [0.1, 0.15) is 15.9 Å². The zero-order valence-electron chi connectivity index (χ0n) is 15.2. The summed E-state index contributed by atoms with van der Waals surface area (Å²) in [4.78, 5) is 27.4. The number of nitrogens with one attached hydrogen (secondary N) is 1. The van der Waals surface area contributed by atoms with Gasteiger partial charge in [-0.25, -0.2) is 0 Å². The van der Waals surface area contributed by atoms with E-state index in [4.69, 9.17) is 9.47 Å². The zero-order valence-corrected chi connectivity index (χ0v) is 15.2. The van der Waals surface area contributed by atoms with Crippen molar-refractivity contribution in [1.29, 1.82) is 0 Å². The molecule has 0 saturated carbocycles. The number of para-hydroxylation sites is 1. The van der Waals surface area contributed by atoms with E-state index in [-0.39, 0.29) is 11.6 Å². The van der Waals surface area contributed by atoms with Gasteiger partial charge in [0.1, 0.15) is 11.4 Å². The molecule has 1 N–H and O–H groups in total. The molecule has 6 nitrogen and oxygen atoms in total. The molecule has 1 saturated heterocycles. The number of morpholine rings is 1. The largest absolute Gasteiger partial charge is 0.496 e. The normalized spacial score (nSPS) is 14.6. The fourth-order valence-electron chi connectivity index (χ4n) is 2.83. The van der Waals surface area contributed by atoms with Crippen molar-refractivity contribution in [3.8, 4) is 5.75 Å². The Bertz CT molecular complexity index is 827. The van der Waals surface area contributed by atoms with E-state index < -0.39 is 5.91 Å². The summed E-state index contributed by atoms with van der Waals surface area (Å²) in [5, 5.41) is 2.76. The van der Waals surface area contributed by atoms with Crippen molar-refractivity contribution in [3.63, 3.8) is 0 Å². The minimum Gasteiger partial charge on any atom is -0.496 e. The maximum Gasteiger partial charge on any atom is 0.270 e. The second-order valence-corrected chi connectivity index (χ2v) is 6.03. The van der Waals surface area contributed by atoms with Gasteiger partial charge >= 0.3 is 0 Å². The standard InChI is InChI=1S/C21H22N2O4/c1-26-19-10-6-5-9-17(19)20(24)22-18(15-16-7-3-2-4-8-16)21(25)23-11-13-27-14-12-23/h2-10,15H,11-14H2,1H3,(H,22,24). The summed E-state index contributed by atoms with van der Waals surface area (Å²) in [7, 11) is 1.51. The third-order valence-corrected chi connectivity index (χ3v) is 4.24. The highest BCUT2D eigenvalue weighted by Gasteiger charge is 2.23. The van der Waals surface area contributed by atoms with E-state index in [1.54, 1.807) is 35.2 Å². The summed E-state index contributed by atoms with van der Waals surface area (Å²) in [5.41, 5.74) is 1.42. The molecule has 3 rings (SSSR count). The Kier molecular flexibility index (Phi) is 6.22. The number of hydrogen-bond acceptors (Lipinski definition) is 4. The molecule has 1 fully saturated rings. The Labute approximate surface area is 158 Å². The maximum absolute atomic E-state index is 13.0. The average Bonchev–Trinajstić information content (AvgIpc) is 2.74. The molecule has 1 aliphatic rings. The van der Waals surface area contributed by atoms with Crippen molar-refractivity contribution in [3.05, 3.63) is 71.4 Å². The van der Waals surface area contributed by atoms with Crippen molar-refractivity contribution in [2.75, 3.05) is 33.4 Å². The highest BCUT2D eigenvalue weighted by Crippen LogP contribution is 2.18. The van der Waals surface area contributed by atoms with Crippen LogP contribution in [0, 0.1) is 0 Å². The quantitative estimate of drug-likeness (QED) is 0.825. The molecule has 2 amide bonds. The lowest BCUT2D eigenvalue weighted by molar-refractivity contribution is -0.131. The van der Waals surface area contributed by atoms with Gasteiger partial charge in [-0.2, -0.15) is 0 Å². The molecule has 2 aromatic rings. The molecule has 0 bridgehead atoms. The second-order valence-electron chi connectivity index (χ2n) is 6.03. The van der Waals surface area contributed by atoms with Gasteiger partial charge in [-0.3, -0.25) is 9.59 Å². The lowest BCUT2D eigenvalue weighted by Crippen LogP contribution is -2.44. The second kappa shape index (κ2) is 9.00.